The monoisotopic (exact) mass is 203 g/mol. The number of hydrogen-bond acceptors (Lipinski definition) is 3. The third kappa shape index (κ3) is 4.89. The summed E-state index contributed by atoms with van der Waals surface area (Å²) in [5.41, 5.74) is 0. The zero-order valence-corrected chi connectivity index (χ0v) is 9.52. The molecule has 0 aromatic carbocycles. The number of aliphatic hydroxyl groups is 1. The molecule has 0 heterocycles. The third-order valence-corrected chi connectivity index (χ3v) is 3.37. The van der Waals surface area contributed by atoms with Gasteiger partial charge in [0, 0.05) is 18.8 Å². The molecule has 0 aliphatic heterocycles. The Kier molecular flexibility index (Phi) is 5.14. The van der Waals surface area contributed by atoms with Crippen LogP contribution in [0.4, 0.5) is 0 Å². The molecule has 0 aromatic heterocycles. The Hall–Kier alpha value is 0.270. The van der Waals surface area contributed by atoms with E-state index in [9.17, 15) is 5.11 Å². The summed E-state index contributed by atoms with van der Waals surface area (Å²) in [5.74, 6) is 2.99. The summed E-state index contributed by atoms with van der Waals surface area (Å²) in [6.07, 6.45) is 2.40. The SMILES string of the molecule is CCSCCN(C)CC(O)C1CC1. The highest BCUT2D eigenvalue weighted by atomic mass is 32.2. The van der Waals surface area contributed by atoms with Crippen LogP contribution >= 0.6 is 11.8 Å². The maximum atomic E-state index is 9.67. The molecule has 1 saturated carbocycles. The van der Waals surface area contributed by atoms with E-state index < -0.39 is 0 Å². The molecule has 0 radical (unpaired) electrons. The molecule has 3 heteroatoms. The van der Waals surface area contributed by atoms with Crippen LogP contribution in [0.5, 0.6) is 0 Å². The van der Waals surface area contributed by atoms with Gasteiger partial charge in [0.2, 0.25) is 0 Å². The molecule has 0 aromatic rings. The summed E-state index contributed by atoms with van der Waals surface area (Å²) in [6.45, 7) is 4.14. The molecule has 2 nitrogen and oxygen atoms in total. The Balaban J connectivity index is 1.98. The minimum absolute atomic E-state index is 0.0726. The van der Waals surface area contributed by atoms with E-state index in [1.165, 1.54) is 24.3 Å². The van der Waals surface area contributed by atoms with Gasteiger partial charge >= 0.3 is 0 Å². The Bertz CT molecular complexity index is 139. The number of hydrogen-bond donors (Lipinski definition) is 1. The smallest absolute Gasteiger partial charge is 0.0695 e. The minimum atomic E-state index is -0.0726. The van der Waals surface area contributed by atoms with Crippen molar-refractivity contribution in [3.05, 3.63) is 0 Å². The van der Waals surface area contributed by atoms with Crippen LogP contribution in [0.1, 0.15) is 19.8 Å². The van der Waals surface area contributed by atoms with Gasteiger partial charge in [-0.2, -0.15) is 11.8 Å². The molecule has 1 atom stereocenters. The maximum absolute atomic E-state index is 9.67. The molecule has 0 saturated heterocycles. The lowest BCUT2D eigenvalue weighted by Gasteiger charge is -2.19. The van der Waals surface area contributed by atoms with Gasteiger partial charge in [-0.1, -0.05) is 6.92 Å². The van der Waals surface area contributed by atoms with Crippen molar-refractivity contribution < 1.29 is 5.11 Å². The van der Waals surface area contributed by atoms with E-state index in [0.29, 0.717) is 5.92 Å². The van der Waals surface area contributed by atoms with Crippen molar-refractivity contribution in [3.63, 3.8) is 0 Å². The van der Waals surface area contributed by atoms with Crippen LogP contribution in [0.3, 0.4) is 0 Å². The quantitative estimate of drug-likeness (QED) is 0.633. The molecule has 1 N–H and O–H groups in total. The van der Waals surface area contributed by atoms with Gasteiger partial charge in [0.25, 0.3) is 0 Å². The predicted molar refractivity (Wildman–Crippen MR) is 59.2 cm³/mol. The van der Waals surface area contributed by atoms with Crippen molar-refractivity contribution in [2.45, 2.75) is 25.9 Å². The lowest BCUT2D eigenvalue weighted by Crippen LogP contribution is -2.32. The number of aliphatic hydroxyl groups excluding tert-OH is 1. The zero-order valence-electron chi connectivity index (χ0n) is 8.70. The van der Waals surface area contributed by atoms with Crippen molar-refractivity contribution in [3.8, 4) is 0 Å². The standard InChI is InChI=1S/C10H21NOS/c1-3-13-7-6-11(2)8-10(12)9-4-5-9/h9-10,12H,3-8H2,1-2H3. The van der Waals surface area contributed by atoms with Crippen LogP contribution < -0.4 is 0 Å². The highest BCUT2D eigenvalue weighted by Crippen LogP contribution is 2.32. The van der Waals surface area contributed by atoms with E-state index in [0.717, 1.165) is 13.1 Å². The molecular weight excluding hydrogens is 182 g/mol. The maximum Gasteiger partial charge on any atom is 0.0695 e. The van der Waals surface area contributed by atoms with Crippen LogP contribution in [-0.4, -0.2) is 47.8 Å². The molecule has 13 heavy (non-hydrogen) atoms. The first-order chi connectivity index (χ1) is 6.24. The summed E-state index contributed by atoms with van der Waals surface area (Å²) in [5, 5.41) is 9.67. The lowest BCUT2D eigenvalue weighted by molar-refractivity contribution is 0.109. The fourth-order valence-electron chi connectivity index (χ4n) is 1.41. The summed E-state index contributed by atoms with van der Waals surface area (Å²) in [4.78, 5) is 2.24. The van der Waals surface area contributed by atoms with Gasteiger partial charge in [-0.3, -0.25) is 0 Å². The van der Waals surface area contributed by atoms with E-state index in [1.807, 2.05) is 11.8 Å². The Morgan fingerprint density at radius 2 is 2.23 bits per heavy atom. The second-order valence-corrected chi connectivity index (χ2v) is 5.26. The molecule has 1 aliphatic rings. The van der Waals surface area contributed by atoms with E-state index in [2.05, 4.69) is 18.9 Å². The molecule has 0 bridgehead atoms. The van der Waals surface area contributed by atoms with Crippen molar-refractivity contribution >= 4 is 11.8 Å². The topological polar surface area (TPSA) is 23.5 Å². The fourth-order valence-corrected chi connectivity index (χ4v) is 2.13. The largest absolute Gasteiger partial charge is 0.392 e. The molecule has 78 valence electrons. The van der Waals surface area contributed by atoms with Crippen LogP contribution in [0.25, 0.3) is 0 Å². The van der Waals surface area contributed by atoms with Crippen molar-refractivity contribution in [1.82, 2.24) is 4.90 Å². The summed E-state index contributed by atoms with van der Waals surface area (Å²) in [7, 11) is 2.10. The Morgan fingerprint density at radius 1 is 1.54 bits per heavy atom. The van der Waals surface area contributed by atoms with Gasteiger partial charge in [-0.25, -0.2) is 0 Å². The first-order valence-electron chi connectivity index (χ1n) is 5.18. The number of nitrogens with zero attached hydrogens (tertiary/aromatic N) is 1. The Labute approximate surface area is 85.7 Å². The molecule has 0 amide bonds. The Morgan fingerprint density at radius 3 is 2.77 bits per heavy atom. The second-order valence-electron chi connectivity index (χ2n) is 3.86. The molecule has 1 fully saturated rings. The molecule has 1 rings (SSSR count). The third-order valence-electron chi connectivity index (χ3n) is 2.49. The zero-order chi connectivity index (χ0) is 9.68. The first-order valence-corrected chi connectivity index (χ1v) is 6.34. The van der Waals surface area contributed by atoms with Gasteiger partial charge < -0.3 is 10.0 Å². The van der Waals surface area contributed by atoms with Crippen molar-refractivity contribution in [2.24, 2.45) is 5.92 Å². The lowest BCUT2D eigenvalue weighted by atomic mass is 10.2. The van der Waals surface area contributed by atoms with Crippen LogP contribution in [0, 0.1) is 5.92 Å². The number of thioether (sulfide) groups is 1. The second kappa shape index (κ2) is 5.89. The number of rotatable bonds is 7. The van der Waals surface area contributed by atoms with Gasteiger partial charge in [0.1, 0.15) is 0 Å². The van der Waals surface area contributed by atoms with Gasteiger partial charge in [0.05, 0.1) is 6.10 Å². The molecular formula is C10H21NOS. The average molecular weight is 203 g/mol. The molecule has 0 spiro atoms. The van der Waals surface area contributed by atoms with Crippen molar-refractivity contribution in [2.75, 3.05) is 31.6 Å². The first kappa shape index (κ1) is 11.3. The van der Waals surface area contributed by atoms with Gasteiger partial charge in [0.15, 0.2) is 0 Å². The van der Waals surface area contributed by atoms with Gasteiger partial charge in [-0.05, 0) is 31.6 Å². The van der Waals surface area contributed by atoms with Crippen LogP contribution in [-0.2, 0) is 0 Å². The van der Waals surface area contributed by atoms with E-state index in [1.54, 1.807) is 0 Å². The fraction of sp³-hybridized carbons (Fsp3) is 1.00. The van der Waals surface area contributed by atoms with E-state index >= 15 is 0 Å². The summed E-state index contributed by atoms with van der Waals surface area (Å²) in [6, 6.07) is 0. The molecule has 1 unspecified atom stereocenters. The van der Waals surface area contributed by atoms with Crippen LogP contribution in [0.2, 0.25) is 0 Å². The average Bonchev–Trinajstić information content (AvgIpc) is 2.86. The highest BCUT2D eigenvalue weighted by Gasteiger charge is 2.29. The van der Waals surface area contributed by atoms with Gasteiger partial charge in [-0.15, -0.1) is 0 Å². The van der Waals surface area contributed by atoms with Crippen LogP contribution in [0.15, 0.2) is 0 Å². The number of likely N-dealkylation sites (N-methyl/N-ethyl adjacent to an activating group) is 1. The minimum Gasteiger partial charge on any atom is -0.392 e. The summed E-state index contributed by atoms with van der Waals surface area (Å²) >= 11 is 1.96. The predicted octanol–water partition coefficient (Wildman–Crippen LogP) is 1.44. The molecule has 1 aliphatic carbocycles. The highest BCUT2D eigenvalue weighted by molar-refractivity contribution is 7.99. The van der Waals surface area contributed by atoms with E-state index in [-0.39, 0.29) is 6.10 Å². The summed E-state index contributed by atoms with van der Waals surface area (Å²) < 4.78 is 0. The van der Waals surface area contributed by atoms with E-state index in [4.69, 9.17) is 0 Å². The van der Waals surface area contributed by atoms with Crippen molar-refractivity contribution in [1.29, 1.82) is 0 Å². The normalized spacial score (nSPS) is 19.4.